The van der Waals surface area contributed by atoms with Gasteiger partial charge in [0.1, 0.15) is 11.4 Å². The van der Waals surface area contributed by atoms with Gasteiger partial charge in [-0.2, -0.15) is 0 Å². The summed E-state index contributed by atoms with van der Waals surface area (Å²) in [4.78, 5) is 10.4. The minimum absolute atomic E-state index is 0.160. The molecule has 1 aromatic carbocycles. The number of furan rings is 1. The molecule has 23 heavy (non-hydrogen) atoms. The van der Waals surface area contributed by atoms with Crippen molar-refractivity contribution in [2.45, 2.75) is 11.3 Å². The number of hydrogen-bond donors (Lipinski definition) is 2. The maximum Gasteiger partial charge on any atom is 0.293 e. The van der Waals surface area contributed by atoms with E-state index in [1.54, 1.807) is 12.1 Å². The predicted octanol–water partition coefficient (Wildman–Crippen LogP) is 2.51. The van der Waals surface area contributed by atoms with Crippen LogP contribution in [0.15, 0.2) is 44.3 Å². The fourth-order valence-electron chi connectivity index (χ4n) is 1.90. The van der Waals surface area contributed by atoms with Crippen LogP contribution in [0.2, 0.25) is 0 Å². The number of nitro groups is 1. The Hall–Kier alpha value is -1.91. The summed E-state index contributed by atoms with van der Waals surface area (Å²) in [6.45, 7) is 0.402. The Morgan fingerprint density at radius 2 is 2.04 bits per heavy atom. The molecular formula is C13H14BrN3O5S. The Morgan fingerprint density at radius 1 is 1.30 bits per heavy atom. The van der Waals surface area contributed by atoms with Crippen LogP contribution in [-0.4, -0.2) is 26.9 Å². The third kappa shape index (κ3) is 4.30. The van der Waals surface area contributed by atoms with Crippen molar-refractivity contribution in [2.24, 2.45) is 0 Å². The zero-order valence-electron chi connectivity index (χ0n) is 12.1. The summed E-state index contributed by atoms with van der Waals surface area (Å²) in [7, 11) is -2.49. The van der Waals surface area contributed by atoms with E-state index in [1.807, 2.05) is 0 Å². The van der Waals surface area contributed by atoms with Gasteiger partial charge in [-0.3, -0.25) is 10.1 Å². The lowest BCUT2D eigenvalue weighted by molar-refractivity contribution is -0.384. The van der Waals surface area contributed by atoms with Crippen molar-refractivity contribution in [3.8, 4) is 0 Å². The smallest absolute Gasteiger partial charge is 0.293 e. The molecule has 2 N–H and O–H groups in total. The van der Waals surface area contributed by atoms with Crippen molar-refractivity contribution in [2.75, 3.05) is 18.9 Å². The number of nitro benzene ring substituents is 1. The molecule has 124 valence electrons. The van der Waals surface area contributed by atoms with Crippen LogP contribution in [-0.2, 0) is 16.4 Å². The van der Waals surface area contributed by atoms with Gasteiger partial charge in [-0.25, -0.2) is 13.1 Å². The van der Waals surface area contributed by atoms with E-state index in [0.29, 0.717) is 17.6 Å². The van der Waals surface area contributed by atoms with Gasteiger partial charge >= 0.3 is 0 Å². The number of rotatable bonds is 7. The average molecular weight is 404 g/mol. The topological polar surface area (TPSA) is 114 Å². The van der Waals surface area contributed by atoms with Crippen LogP contribution < -0.4 is 10.0 Å². The van der Waals surface area contributed by atoms with Crippen LogP contribution in [0.25, 0.3) is 0 Å². The highest BCUT2D eigenvalue weighted by Gasteiger charge is 2.20. The zero-order chi connectivity index (χ0) is 17.0. The summed E-state index contributed by atoms with van der Waals surface area (Å²) < 4.78 is 31.5. The zero-order valence-corrected chi connectivity index (χ0v) is 14.5. The van der Waals surface area contributed by atoms with Gasteiger partial charge in [-0.05, 0) is 47.2 Å². The molecular weight excluding hydrogens is 390 g/mol. The van der Waals surface area contributed by atoms with Crippen molar-refractivity contribution in [1.29, 1.82) is 0 Å². The maximum atomic E-state index is 11.7. The molecule has 0 aliphatic heterocycles. The normalized spacial score (nSPS) is 11.4. The van der Waals surface area contributed by atoms with E-state index >= 15 is 0 Å². The van der Waals surface area contributed by atoms with Crippen LogP contribution in [0.5, 0.6) is 0 Å². The molecule has 0 bridgehead atoms. The molecule has 0 unspecified atom stereocenters. The molecule has 2 aromatic rings. The van der Waals surface area contributed by atoms with Gasteiger partial charge in [0.2, 0.25) is 10.0 Å². The summed E-state index contributed by atoms with van der Waals surface area (Å²) in [5.74, 6) is 0.724. The number of nitrogens with zero attached hydrogens (tertiary/aromatic N) is 1. The minimum Gasteiger partial charge on any atom is -0.454 e. The van der Waals surface area contributed by atoms with E-state index < -0.39 is 14.9 Å². The second-order valence-electron chi connectivity index (χ2n) is 4.53. The largest absolute Gasteiger partial charge is 0.454 e. The standard InChI is InChI=1S/C13H14BrN3O5S/c1-15-23(20,21)10-3-4-11(12(8-10)17(18)19)16-7-6-9-2-5-13(14)22-9/h2-5,8,15-16H,6-7H2,1H3. The first-order valence-corrected chi connectivity index (χ1v) is 8.81. The highest BCUT2D eigenvalue weighted by atomic mass is 79.9. The summed E-state index contributed by atoms with van der Waals surface area (Å²) >= 11 is 3.19. The highest BCUT2D eigenvalue weighted by Crippen LogP contribution is 2.27. The Bertz CT molecular complexity index is 819. The molecule has 8 nitrogen and oxygen atoms in total. The molecule has 0 saturated heterocycles. The Labute approximate surface area is 141 Å². The van der Waals surface area contributed by atoms with Crippen LogP contribution in [0.4, 0.5) is 11.4 Å². The molecule has 0 spiro atoms. The monoisotopic (exact) mass is 403 g/mol. The first-order chi connectivity index (χ1) is 10.8. The second-order valence-corrected chi connectivity index (χ2v) is 7.19. The van der Waals surface area contributed by atoms with E-state index in [-0.39, 0.29) is 16.3 Å². The van der Waals surface area contributed by atoms with Gasteiger partial charge < -0.3 is 9.73 Å². The van der Waals surface area contributed by atoms with Crippen molar-refractivity contribution in [1.82, 2.24) is 4.72 Å². The van der Waals surface area contributed by atoms with Crippen molar-refractivity contribution >= 4 is 37.3 Å². The molecule has 0 aliphatic rings. The third-order valence-corrected chi connectivity index (χ3v) is 4.90. The Morgan fingerprint density at radius 3 is 2.61 bits per heavy atom. The van der Waals surface area contributed by atoms with Gasteiger partial charge in [0.25, 0.3) is 5.69 Å². The van der Waals surface area contributed by atoms with E-state index in [9.17, 15) is 18.5 Å². The highest BCUT2D eigenvalue weighted by molar-refractivity contribution is 9.10. The van der Waals surface area contributed by atoms with Crippen LogP contribution >= 0.6 is 15.9 Å². The molecule has 0 aliphatic carbocycles. The average Bonchev–Trinajstić information content (AvgIpc) is 2.92. The van der Waals surface area contributed by atoms with Gasteiger partial charge in [-0.1, -0.05) is 0 Å². The number of hydrogen-bond acceptors (Lipinski definition) is 6. The minimum atomic E-state index is -3.73. The lowest BCUT2D eigenvalue weighted by Crippen LogP contribution is -2.19. The number of anilines is 1. The van der Waals surface area contributed by atoms with Crippen molar-refractivity contribution in [3.05, 3.63) is 50.9 Å². The lowest BCUT2D eigenvalue weighted by atomic mass is 10.2. The van der Waals surface area contributed by atoms with Gasteiger partial charge in [0.05, 0.1) is 9.82 Å². The molecule has 0 saturated carbocycles. The molecule has 1 heterocycles. The Balaban J connectivity index is 2.16. The molecule has 0 fully saturated rings. The SMILES string of the molecule is CNS(=O)(=O)c1ccc(NCCc2ccc(Br)o2)c([N+](=O)[O-])c1. The number of halogens is 1. The van der Waals surface area contributed by atoms with Crippen LogP contribution in [0.3, 0.4) is 0 Å². The quantitative estimate of drug-likeness (QED) is 0.542. The molecule has 0 radical (unpaired) electrons. The van der Waals surface area contributed by atoms with E-state index in [4.69, 9.17) is 4.42 Å². The molecule has 10 heteroatoms. The van der Waals surface area contributed by atoms with Crippen LogP contribution in [0, 0.1) is 10.1 Å². The fraction of sp³-hybridized carbons (Fsp3) is 0.231. The first-order valence-electron chi connectivity index (χ1n) is 6.53. The fourth-order valence-corrected chi connectivity index (χ4v) is 2.99. The lowest BCUT2D eigenvalue weighted by Gasteiger charge is -2.08. The maximum absolute atomic E-state index is 11.7. The van der Waals surface area contributed by atoms with Gasteiger partial charge in [-0.15, -0.1) is 0 Å². The summed E-state index contributed by atoms with van der Waals surface area (Å²) in [5.41, 5.74) is -0.0578. The van der Waals surface area contributed by atoms with E-state index in [2.05, 4.69) is 26.0 Å². The molecule has 0 amide bonds. The molecule has 2 rings (SSSR count). The van der Waals surface area contributed by atoms with Crippen molar-refractivity contribution in [3.63, 3.8) is 0 Å². The predicted molar refractivity (Wildman–Crippen MR) is 87.9 cm³/mol. The first kappa shape index (κ1) is 17.4. The number of sulfonamides is 1. The van der Waals surface area contributed by atoms with Gasteiger partial charge in [0, 0.05) is 19.0 Å². The van der Waals surface area contributed by atoms with Crippen LogP contribution in [0.1, 0.15) is 5.76 Å². The summed E-state index contributed by atoms with van der Waals surface area (Å²) in [5, 5.41) is 14.1. The Kier molecular flexibility index (Phi) is 5.39. The van der Waals surface area contributed by atoms with E-state index in [1.165, 1.54) is 19.2 Å². The summed E-state index contributed by atoms with van der Waals surface area (Å²) in [6, 6.07) is 7.26. The van der Waals surface area contributed by atoms with Gasteiger partial charge in [0.15, 0.2) is 4.67 Å². The van der Waals surface area contributed by atoms with Crippen molar-refractivity contribution < 1.29 is 17.8 Å². The third-order valence-electron chi connectivity index (χ3n) is 3.06. The van der Waals surface area contributed by atoms with E-state index in [0.717, 1.165) is 11.8 Å². The summed E-state index contributed by atoms with van der Waals surface area (Å²) in [6.07, 6.45) is 0.527. The number of nitrogens with one attached hydrogen (secondary N) is 2. The number of benzene rings is 1. The molecule has 1 aromatic heterocycles. The molecule has 0 atom stereocenters. The second kappa shape index (κ2) is 7.11.